The van der Waals surface area contributed by atoms with Crippen LogP contribution in [0.25, 0.3) is 0 Å². The van der Waals surface area contributed by atoms with E-state index < -0.39 is 0 Å². The molecule has 2 saturated carbocycles. The number of ether oxygens (including phenoxy) is 3. The summed E-state index contributed by atoms with van der Waals surface area (Å²) in [5.41, 5.74) is 2.45. The van der Waals surface area contributed by atoms with Gasteiger partial charge >= 0.3 is 0 Å². The Morgan fingerprint density at radius 2 is 1.52 bits per heavy atom. The maximum Gasteiger partial charge on any atom is 0.190 e. The van der Waals surface area contributed by atoms with Crippen LogP contribution in [0.15, 0.2) is 12.1 Å². The third-order valence-electron chi connectivity index (χ3n) is 6.83. The zero-order valence-corrected chi connectivity index (χ0v) is 15.8. The first-order chi connectivity index (χ1) is 12.3. The molecule has 0 radical (unpaired) electrons. The summed E-state index contributed by atoms with van der Waals surface area (Å²) in [6.07, 6.45) is 13.3. The smallest absolute Gasteiger partial charge is 0.190 e. The van der Waals surface area contributed by atoms with Gasteiger partial charge in [0.15, 0.2) is 6.79 Å². The van der Waals surface area contributed by atoms with Crippen molar-refractivity contribution in [2.24, 2.45) is 11.8 Å². The molecule has 138 valence electrons. The lowest BCUT2D eigenvalue weighted by Crippen LogP contribution is -2.50. The van der Waals surface area contributed by atoms with Crippen LogP contribution >= 0.6 is 0 Å². The minimum atomic E-state index is -0.148. The SMILES string of the molecule is COc1cc(C)c2c(c1)OCOC2(C1CCCCC1)C1CCCCC1. The fraction of sp³-hybridized carbons (Fsp3) is 0.727. The molecule has 2 aliphatic carbocycles. The Hall–Kier alpha value is -1.22. The molecule has 1 aliphatic heterocycles. The van der Waals surface area contributed by atoms with Crippen LogP contribution < -0.4 is 9.47 Å². The van der Waals surface area contributed by atoms with Gasteiger partial charge in [-0.05, 0) is 56.1 Å². The van der Waals surface area contributed by atoms with E-state index in [1.807, 2.05) is 0 Å². The molecule has 3 heteroatoms. The van der Waals surface area contributed by atoms with Crippen molar-refractivity contribution in [2.45, 2.75) is 76.7 Å². The van der Waals surface area contributed by atoms with E-state index in [1.54, 1.807) is 7.11 Å². The number of rotatable bonds is 3. The molecular formula is C22H32O3. The van der Waals surface area contributed by atoms with Crippen molar-refractivity contribution in [3.8, 4) is 11.5 Å². The molecule has 3 aliphatic rings. The van der Waals surface area contributed by atoms with Crippen molar-refractivity contribution in [1.82, 2.24) is 0 Å². The van der Waals surface area contributed by atoms with E-state index in [4.69, 9.17) is 14.2 Å². The molecule has 3 nitrogen and oxygen atoms in total. The number of hydrogen-bond acceptors (Lipinski definition) is 3. The third kappa shape index (κ3) is 2.95. The molecule has 2 fully saturated rings. The van der Waals surface area contributed by atoms with Gasteiger partial charge in [-0.3, -0.25) is 0 Å². The standard InChI is InChI=1S/C22H32O3/c1-16-13-19(23-2)14-20-21(16)22(25-15-24-20,17-9-5-3-6-10-17)18-11-7-4-8-12-18/h13-14,17-18H,3-12,15H2,1-2H3. The van der Waals surface area contributed by atoms with Crippen LogP contribution in [0.3, 0.4) is 0 Å². The molecular weight excluding hydrogens is 312 g/mol. The molecule has 25 heavy (non-hydrogen) atoms. The van der Waals surface area contributed by atoms with Crippen LogP contribution in [0.1, 0.15) is 75.3 Å². The zero-order valence-electron chi connectivity index (χ0n) is 15.8. The maximum absolute atomic E-state index is 6.66. The second-order valence-electron chi connectivity index (χ2n) is 8.19. The lowest BCUT2D eigenvalue weighted by atomic mass is 9.62. The minimum absolute atomic E-state index is 0.148. The summed E-state index contributed by atoms with van der Waals surface area (Å²) in [5, 5.41) is 0. The Balaban J connectivity index is 1.84. The van der Waals surface area contributed by atoms with Crippen LogP contribution in [-0.2, 0) is 10.3 Å². The first-order valence-electron chi connectivity index (χ1n) is 10.2. The second kappa shape index (κ2) is 7.19. The van der Waals surface area contributed by atoms with Gasteiger partial charge in [0.1, 0.15) is 17.1 Å². The van der Waals surface area contributed by atoms with Crippen LogP contribution in [0.2, 0.25) is 0 Å². The molecule has 0 atom stereocenters. The number of aryl methyl sites for hydroxylation is 1. The predicted octanol–water partition coefficient (Wildman–Crippen LogP) is 5.73. The van der Waals surface area contributed by atoms with Crippen molar-refractivity contribution >= 4 is 0 Å². The molecule has 0 saturated heterocycles. The largest absolute Gasteiger partial charge is 0.497 e. The fourth-order valence-electron chi connectivity index (χ4n) is 5.76. The topological polar surface area (TPSA) is 27.7 Å². The maximum atomic E-state index is 6.66. The summed E-state index contributed by atoms with van der Waals surface area (Å²) >= 11 is 0. The van der Waals surface area contributed by atoms with Crippen LogP contribution in [0.4, 0.5) is 0 Å². The quantitative estimate of drug-likeness (QED) is 0.701. The van der Waals surface area contributed by atoms with E-state index in [9.17, 15) is 0 Å². The molecule has 0 bridgehead atoms. The predicted molar refractivity (Wildman–Crippen MR) is 99.1 cm³/mol. The lowest BCUT2D eigenvalue weighted by molar-refractivity contribution is -0.202. The highest BCUT2D eigenvalue weighted by Crippen LogP contribution is 2.56. The Morgan fingerprint density at radius 1 is 0.920 bits per heavy atom. The first kappa shape index (κ1) is 17.2. The zero-order chi connectivity index (χ0) is 17.3. The van der Waals surface area contributed by atoms with Crippen LogP contribution in [0.5, 0.6) is 11.5 Å². The average molecular weight is 344 g/mol. The number of fused-ring (bicyclic) bond motifs is 1. The van der Waals surface area contributed by atoms with Gasteiger partial charge in [-0.15, -0.1) is 0 Å². The minimum Gasteiger partial charge on any atom is -0.497 e. The Kier molecular flexibility index (Phi) is 4.95. The van der Waals surface area contributed by atoms with Gasteiger partial charge in [-0.25, -0.2) is 0 Å². The lowest BCUT2D eigenvalue weighted by Gasteiger charge is -2.51. The van der Waals surface area contributed by atoms with Crippen molar-refractivity contribution in [3.63, 3.8) is 0 Å². The van der Waals surface area contributed by atoms with E-state index in [0.717, 1.165) is 11.5 Å². The molecule has 0 amide bonds. The number of benzene rings is 1. The highest BCUT2D eigenvalue weighted by atomic mass is 16.7. The number of hydrogen-bond donors (Lipinski definition) is 0. The third-order valence-corrected chi connectivity index (χ3v) is 6.83. The van der Waals surface area contributed by atoms with Gasteiger partial charge in [0.2, 0.25) is 0 Å². The molecule has 0 aromatic heterocycles. The summed E-state index contributed by atoms with van der Waals surface area (Å²) in [6, 6.07) is 4.24. The van der Waals surface area contributed by atoms with E-state index >= 15 is 0 Å². The van der Waals surface area contributed by atoms with Gasteiger partial charge in [0.05, 0.1) is 7.11 Å². The summed E-state index contributed by atoms with van der Waals surface area (Å²) in [6.45, 7) is 2.59. The Labute approximate surface area is 152 Å². The first-order valence-corrected chi connectivity index (χ1v) is 10.2. The monoisotopic (exact) mass is 344 g/mol. The molecule has 4 rings (SSSR count). The summed E-state index contributed by atoms with van der Waals surface area (Å²) < 4.78 is 18.1. The van der Waals surface area contributed by atoms with E-state index in [0.29, 0.717) is 18.6 Å². The van der Waals surface area contributed by atoms with Crippen molar-refractivity contribution in [3.05, 3.63) is 23.3 Å². The van der Waals surface area contributed by atoms with E-state index in [2.05, 4.69) is 19.1 Å². The summed E-state index contributed by atoms with van der Waals surface area (Å²) in [4.78, 5) is 0. The Morgan fingerprint density at radius 3 is 2.08 bits per heavy atom. The van der Waals surface area contributed by atoms with E-state index in [1.165, 1.54) is 75.3 Å². The molecule has 0 unspecified atom stereocenters. The van der Waals surface area contributed by atoms with Crippen LogP contribution in [0, 0.1) is 18.8 Å². The molecule has 1 heterocycles. The normalized spacial score (nSPS) is 24.4. The van der Waals surface area contributed by atoms with Crippen molar-refractivity contribution in [1.29, 1.82) is 0 Å². The van der Waals surface area contributed by atoms with Gasteiger partial charge in [-0.2, -0.15) is 0 Å². The molecule has 0 N–H and O–H groups in total. The van der Waals surface area contributed by atoms with Gasteiger partial charge in [0.25, 0.3) is 0 Å². The van der Waals surface area contributed by atoms with Gasteiger partial charge < -0.3 is 14.2 Å². The fourth-order valence-corrected chi connectivity index (χ4v) is 5.76. The van der Waals surface area contributed by atoms with E-state index in [-0.39, 0.29) is 5.60 Å². The highest BCUT2D eigenvalue weighted by molar-refractivity contribution is 5.51. The molecule has 1 aromatic carbocycles. The Bertz CT molecular complexity index is 580. The van der Waals surface area contributed by atoms with Crippen molar-refractivity contribution < 1.29 is 14.2 Å². The summed E-state index contributed by atoms with van der Waals surface area (Å²) in [7, 11) is 1.73. The second-order valence-corrected chi connectivity index (χ2v) is 8.19. The highest BCUT2D eigenvalue weighted by Gasteiger charge is 2.52. The molecule has 1 aromatic rings. The van der Waals surface area contributed by atoms with Crippen molar-refractivity contribution in [2.75, 3.05) is 13.9 Å². The summed E-state index contributed by atoms with van der Waals surface area (Å²) in [5.74, 6) is 3.14. The molecule has 0 spiro atoms. The average Bonchev–Trinajstić information content (AvgIpc) is 2.68. The van der Waals surface area contributed by atoms with Gasteiger partial charge in [-0.1, -0.05) is 38.5 Å². The number of methoxy groups -OCH3 is 1. The van der Waals surface area contributed by atoms with Gasteiger partial charge in [0, 0.05) is 11.6 Å². The van der Waals surface area contributed by atoms with Crippen LogP contribution in [-0.4, -0.2) is 13.9 Å².